The molecule has 8 atom stereocenters. The Morgan fingerprint density at radius 3 is 2.51 bits per heavy atom. The summed E-state index contributed by atoms with van der Waals surface area (Å²) in [5.41, 5.74) is 2.40. The maximum Gasteiger partial charge on any atom is 0.338 e. The Hall–Kier alpha value is -2.10. The predicted molar refractivity (Wildman–Crippen MR) is 135 cm³/mol. The number of ether oxygens (including phenoxy) is 2. The molecule has 1 saturated heterocycles. The van der Waals surface area contributed by atoms with Crippen LogP contribution in [-0.4, -0.2) is 23.6 Å². The number of allylic oxidation sites excluding steroid dienone is 1. The minimum Gasteiger partial charge on any atom is -0.459 e. The van der Waals surface area contributed by atoms with Gasteiger partial charge in [0.1, 0.15) is 11.7 Å². The molecule has 1 heterocycles. The minimum absolute atomic E-state index is 0.00397. The first kappa shape index (κ1) is 23.3. The van der Waals surface area contributed by atoms with Crippen molar-refractivity contribution in [2.75, 3.05) is 0 Å². The zero-order chi connectivity index (χ0) is 24.4. The molecule has 6 rings (SSSR count). The van der Waals surface area contributed by atoms with Crippen LogP contribution >= 0.6 is 0 Å². The molecule has 6 unspecified atom stereocenters. The molecule has 4 aliphatic carbocycles. The summed E-state index contributed by atoms with van der Waals surface area (Å²) in [5, 5.41) is 0. The van der Waals surface area contributed by atoms with Crippen LogP contribution < -0.4 is 0 Å². The van der Waals surface area contributed by atoms with Crippen LogP contribution in [0.15, 0.2) is 42.0 Å². The zero-order valence-electron chi connectivity index (χ0n) is 21.6. The van der Waals surface area contributed by atoms with Gasteiger partial charge in [-0.1, -0.05) is 43.7 Å². The Morgan fingerprint density at radius 2 is 1.77 bits per heavy atom. The summed E-state index contributed by atoms with van der Waals surface area (Å²) in [6.45, 7) is 7.23. The van der Waals surface area contributed by atoms with E-state index in [4.69, 9.17) is 9.47 Å². The topological polar surface area (TPSA) is 52.6 Å². The number of esters is 2. The van der Waals surface area contributed by atoms with Gasteiger partial charge in [-0.3, -0.25) is 4.79 Å². The van der Waals surface area contributed by atoms with Crippen LogP contribution in [0.5, 0.6) is 0 Å². The standard InChI is InChI=1S/C31H40O4/c1-29-16-13-22(34-28(33)20-7-5-4-6-8-20)19-21(29)9-10-23-24-11-12-26(30(24,2)17-14-25(23)29)31(3)18-15-27(32)35-31/h4-9,22-26H,10-19H2,1-3H3/t22?,23?,24?,25?,26?,29-,30-,31?/m1/s1. The van der Waals surface area contributed by atoms with Crippen molar-refractivity contribution >= 4 is 11.9 Å². The summed E-state index contributed by atoms with van der Waals surface area (Å²) >= 11 is 0. The van der Waals surface area contributed by atoms with Gasteiger partial charge in [-0.15, -0.1) is 0 Å². The quantitative estimate of drug-likeness (QED) is 0.352. The van der Waals surface area contributed by atoms with Crippen molar-refractivity contribution in [1.29, 1.82) is 0 Å². The van der Waals surface area contributed by atoms with Crippen molar-refractivity contribution in [3.63, 3.8) is 0 Å². The number of carbonyl (C=O) groups excluding carboxylic acids is 2. The maximum absolute atomic E-state index is 12.7. The van der Waals surface area contributed by atoms with Gasteiger partial charge in [-0.2, -0.15) is 0 Å². The smallest absolute Gasteiger partial charge is 0.338 e. The lowest BCUT2D eigenvalue weighted by Crippen LogP contribution is -2.53. The molecule has 1 aromatic rings. The average molecular weight is 477 g/mol. The van der Waals surface area contributed by atoms with Gasteiger partial charge < -0.3 is 9.47 Å². The van der Waals surface area contributed by atoms with Crippen molar-refractivity contribution in [3.05, 3.63) is 47.5 Å². The summed E-state index contributed by atoms with van der Waals surface area (Å²) in [6.07, 6.45) is 13.0. The van der Waals surface area contributed by atoms with E-state index in [9.17, 15) is 9.59 Å². The molecule has 0 N–H and O–H groups in total. The van der Waals surface area contributed by atoms with Gasteiger partial charge in [0.05, 0.1) is 5.56 Å². The van der Waals surface area contributed by atoms with E-state index in [0.29, 0.717) is 29.7 Å². The van der Waals surface area contributed by atoms with E-state index in [2.05, 4.69) is 26.8 Å². The molecule has 0 amide bonds. The van der Waals surface area contributed by atoms with Gasteiger partial charge in [-0.05, 0) is 99.0 Å². The molecule has 1 aromatic carbocycles. The summed E-state index contributed by atoms with van der Waals surface area (Å²) in [4.78, 5) is 24.7. The SMILES string of the molecule is CC1(C2CCC3C4CC=C5CC(OC(=O)c6ccccc6)CC[C@@]5(C)C4CC[C@]32C)CCC(=O)O1. The largest absolute Gasteiger partial charge is 0.459 e. The first-order chi connectivity index (χ1) is 16.7. The number of cyclic esters (lactones) is 1. The molecule has 3 saturated carbocycles. The Kier molecular flexibility index (Phi) is 5.47. The Bertz CT molecular complexity index is 1050. The molecular formula is C31H40O4. The van der Waals surface area contributed by atoms with Crippen molar-refractivity contribution in [3.8, 4) is 0 Å². The summed E-state index contributed by atoms with van der Waals surface area (Å²) in [7, 11) is 0. The fraction of sp³-hybridized carbons (Fsp3) is 0.677. The molecule has 0 spiro atoms. The lowest BCUT2D eigenvalue weighted by atomic mass is 9.46. The van der Waals surface area contributed by atoms with Crippen LogP contribution in [0.4, 0.5) is 0 Å². The van der Waals surface area contributed by atoms with E-state index in [0.717, 1.165) is 38.0 Å². The minimum atomic E-state index is -0.270. The highest BCUT2D eigenvalue weighted by atomic mass is 16.6. The number of hydrogen-bond acceptors (Lipinski definition) is 4. The van der Waals surface area contributed by atoms with Gasteiger partial charge in [0, 0.05) is 18.8 Å². The number of carbonyl (C=O) groups is 2. The number of benzene rings is 1. The van der Waals surface area contributed by atoms with Crippen LogP contribution in [-0.2, 0) is 14.3 Å². The molecule has 1 aliphatic heterocycles. The predicted octanol–water partition coefficient (Wildman–Crippen LogP) is 6.89. The van der Waals surface area contributed by atoms with E-state index >= 15 is 0 Å². The normalized spacial score (nSPS) is 44.5. The Balaban J connectivity index is 1.19. The van der Waals surface area contributed by atoms with E-state index in [1.807, 2.05) is 30.3 Å². The number of hydrogen-bond donors (Lipinski definition) is 0. The third kappa shape index (κ3) is 3.61. The van der Waals surface area contributed by atoms with Crippen LogP contribution in [0.2, 0.25) is 0 Å². The van der Waals surface area contributed by atoms with Crippen molar-refractivity contribution in [2.45, 2.75) is 96.7 Å². The fourth-order valence-electron chi connectivity index (χ4n) is 9.48. The third-order valence-corrected chi connectivity index (χ3v) is 11.3. The van der Waals surface area contributed by atoms with Crippen LogP contribution in [0, 0.1) is 34.5 Å². The highest BCUT2D eigenvalue weighted by Crippen LogP contribution is 2.68. The van der Waals surface area contributed by atoms with Gasteiger partial charge in [-0.25, -0.2) is 4.79 Å². The van der Waals surface area contributed by atoms with Crippen molar-refractivity contribution < 1.29 is 19.1 Å². The highest BCUT2D eigenvalue weighted by Gasteiger charge is 2.63. The summed E-state index contributed by atoms with van der Waals surface area (Å²) in [5.74, 6) is 2.43. The van der Waals surface area contributed by atoms with Gasteiger partial charge in [0.25, 0.3) is 0 Å². The second kappa shape index (κ2) is 8.21. The Labute approximate surface area is 209 Å². The van der Waals surface area contributed by atoms with Gasteiger partial charge >= 0.3 is 11.9 Å². The van der Waals surface area contributed by atoms with Crippen LogP contribution in [0.25, 0.3) is 0 Å². The van der Waals surface area contributed by atoms with Gasteiger partial charge in [0.15, 0.2) is 0 Å². The fourth-order valence-corrected chi connectivity index (χ4v) is 9.48. The molecule has 4 nitrogen and oxygen atoms in total. The van der Waals surface area contributed by atoms with Gasteiger partial charge in [0.2, 0.25) is 0 Å². The van der Waals surface area contributed by atoms with Crippen LogP contribution in [0.1, 0.15) is 95.3 Å². The van der Waals surface area contributed by atoms with Crippen molar-refractivity contribution in [1.82, 2.24) is 0 Å². The lowest BCUT2D eigenvalue weighted by Gasteiger charge is -2.59. The molecule has 0 aromatic heterocycles. The second-order valence-electron chi connectivity index (χ2n) is 12.9. The van der Waals surface area contributed by atoms with Crippen molar-refractivity contribution in [2.24, 2.45) is 34.5 Å². The average Bonchev–Trinajstić information content (AvgIpc) is 3.39. The summed E-state index contributed by atoms with van der Waals surface area (Å²) < 4.78 is 11.9. The molecule has 4 heteroatoms. The van der Waals surface area contributed by atoms with E-state index in [1.54, 1.807) is 0 Å². The van der Waals surface area contributed by atoms with Crippen LogP contribution in [0.3, 0.4) is 0 Å². The molecule has 0 bridgehead atoms. The van der Waals surface area contributed by atoms with E-state index in [-0.39, 0.29) is 34.5 Å². The maximum atomic E-state index is 12.7. The van der Waals surface area contributed by atoms with E-state index in [1.165, 1.54) is 31.3 Å². The third-order valence-electron chi connectivity index (χ3n) is 11.3. The second-order valence-corrected chi connectivity index (χ2v) is 12.9. The first-order valence-electron chi connectivity index (χ1n) is 13.9. The highest BCUT2D eigenvalue weighted by molar-refractivity contribution is 5.89. The first-order valence-corrected chi connectivity index (χ1v) is 13.9. The monoisotopic (exact) mass is 476 g/mol. The molecule has 5 aliphatic rings. The number of rotatable bonds is 3. The lowest BCUT2D eigenvalue weighted by molar-refractivity contribution is -0.158. The zero-order valence-corrected chi connectivity index (χ0v) is 21.6. The molecule has 4 fully saturated rings. The summed E-state index contributed by atoms with van der Waals surface area (Å²) in [6, 6.07) is 9.37. The molecule has 35 heavy (non-hydrogen) atoms. The molecule has 188 valence electrons. The van der Waals surface area contributed by atoms with E-state index < -0.39 is 0 Å². The molecular weight excluding hydrogens is 436 g/mol. The molecule has 0 radical (unpaired) electrons. The Morgan fingerprint density at radius 1 is 0.971 bits per heavy atom. The number of fused-ring (bicyclic) bond motifs is 5.